The monoisotopic (exact) mass is 533 g/mol. The van der Waals surface area contributed by atoms with Gasteiger partial charge in [-0.1, -0.05) is 85.8 Å². The minimum absolute atomic E-state index is 0.0338. The molecule has 1 aliphatic heterocycles. The van der Waals surface area contributed by atoms with Gasteiger partial charge in [-0.2, -0.15) is 0 Å². The summed E-state index contributed by atoms with van der Waals surface area (Å²) in [7, 11) is 0. The van der Waals surface area contributed by atoms with Gasteiger partial charge in [0, 0.05) is 30.0 Å². The first-order valence-electron chi connectivity index (χ1n) is 13.9. The van der Waals surface area contributed by atoms with Crippen LogP contribution >= 0.6 is 0 Å². The van der Waals surface area contributed by atoms with Gasteiger partial charge in [0.2, 0.25) is 11.8 Å². The molecule has 4 aromatic carbocycles. The second-order valence-corrected chi connectivity index (χ2v) is 10.5. The minimum atomic E-state index is -0.751. The minimum Gasteiger partial charge on any atom is -0.352 e. The lowest BCUT2D eigenvalue weighted by Gasteiger charge is -2.34. The van der Waals surface area contributed by atoms with Gasteiger partial charge in [0.05, 0.1) is 5.69 Å². The summed E-state index contributed by atoms with van der Waals surface area (Å²) in [6, 6.07) is 28.3. The van der Waals surface area contributed by atoms with Crippen molar-refractivity contribution >= 4 is 34.2 Å². The van der Waals surface area contributed by atoms with Crippen molar-refractivity contribution in [2.24, 2.45) is 0 Å². The van der Waals surface area contributed by atoms with Crippen molar-refractivity contribution in [2.75, 3.05) is 11.4 Å². The predicted octanol–water partition coefficient (Wildman–Crippen LogP) is 5.66. The molecular weight excluding hydrogens is 498 g/mol. The quantitative estimate of drug-likeness (QED) is 0.286. The third-order valence-corrected chi connectivity index (χ3v) is 7.82. The maximum atomic E-state index is 14.3. The Bertz CT molecular complexity index is 1540. The lowest BCUT2D eigenvalue weighted by Crippen LogP contribution is -2.54. The second-order valence-electron chi connectivity index (χ2n) is 10.5. The summed E-state index contributed by atoms with van der Waals surface area (Å²) < 4.78 is 0. The molecule has 6 nitrogen and oxygen atoms in total. The molecule has 6 heteroatoms. The van der Waals surface area contributed by atoms with Gasteiger partial charge in [-0.25, -0.2) is 0 Å². The molecule has 1 heterocycles. The zero-order valence-corrected chi connectivity index (χ0v) is 23.3. The normalized spacial score (nSPS) is 13.8. The Hall–Kier alpha value is -4.45. The summed E-state index contributed by atoms with van der Waals surface area (Å²) in [4.78, 5) is 44.8. The molecule has 0 aromatic heterocycles. The Labute approximate surface area is 235 Å². The number of hydrogen-bond donors (Lipinski definition) is 1. The number of carbonyl (C=O) groups excluding carboxylic acids is 3. The first-order chi connectivity index (χ1) is 19.4. The molecule has 5 rings (SSSR count). The highest BCUT2D eigenvalue weighted by molar-refractivity contribution is 6.26. The van der Waals surface area contributed by atoms with Crippen LogP contribution in [0.25, 0.3) is 10.8 Å². The van der Waals surface area contributed by atoms with Crippen LogP contribution in [-0.4, -0.2) is 41.2 Å². The van der Waals surface area contributed by atoms with Gasteiger partial charge in [0.1, 0.15) is 12.6 Å². The SMILES string of the molecule is CC[C@@H](C)NC(=O)[C@H](Cc1ccccc1)N(Cc1ccccc1C)C(=O)CN1C(=O)c2cccc3cccc1c23. The summed E-state index contributed by atoms with van der Waals surface area (Å²) >= 11 is 0. The first kappa shape index (κ1) is 27.1. The van der Waals surface area contributed by atoms with E-state index in [1.54, 1.807) is 9.80 Å². The Morgan fingerprint density at radius 1 is 0.900 bits per heavy atom. The highest BCUT2D eigenvalue weighted by Crippen LogP contribution is 2.37. The molecule has 0 unspecified atom stereocenters. The van der Waals surface area contributed by atoms with E-state index in [1.807, 2.05) is 112 Å². The molecule has 3 amide bonds. The highest BCUT2D eigenvalue weighted by atomic mass is 16.2. The second kappa shape index (κ2) is 11.7. The molecule has 0 aliphatic carbocycles. The molecule has 0 bridgehead atoms. The molecule has 0 radical (unpaired) electrons. The standard InChI is InChI=1S/C34H35N3O3/c1-4-24(3)35-33(39)30(20-25-13-6-5-7-14-25)36(21-27-15-9-8-12-23(27)2)31(38)22-37-29-19-11-17-26-16-10-18-28(32(26)29)34(37)40/h5-19,24,30H,4,20-22H2,1-3H3,(H,35,39)/t24-,30+/m1/s1. The maximum Gasteiger partial charge on any atom is 0.259 e. The van der Waals surface area contributed by atoms with Crippen LogP contribution in [0.2, 0.25) is 0 Å². The molecule has 0 spiro atoms. The average Bonchev–Trinajstić information content (AvgIpc) is 3.24. The number of carbonyl (C=O) groups is 3. The lowest BCUT2D eigenvalue weighted by molar-refractivity contribution is -0.140. The fraction of sp³-hybridized carbons (Fsp3) is 0.265. The van der Waals surface area contributed by atoms with E-state index in [0.29, 0.717) is 12.0 Å². The van der Waals surface area contributed by atoms with E-state index in [9.17, 15) is 14.4 Å². The topological polar surface area (TPSA) is 69.7 Å². The molecule has 0 fully saturated rings. The summed E-state index contributed by atoms with van der Waals surface area (Å²) in [5, 5.41) is 4.93. The zero-order chi connectivity index (χ0) is 28.2. The van der Waals surface area contributed by atoms with Crippen molar-refractivity contribution in [3.05, 3.63) is 113 Å². The molecule has 4 aromatic rings. The van der Waals surface area contributed by atoms with Crippen LogP contribution in [0.1, 0.15) is 47.3 Å². The Balaban J connectivity index is 1.52. The van der Waals surface area contributed by atoms with Gasteiger partial charge in [0.15, 0.2) is 0 Å². The molecule has 1 N–H and O–H groups in total. The van der Waals surface area contributed by atoms with Crippen LogP contribution in [0.3, 0.4) is 0 Å². The Morgan fingerprint density at radius 3 is 2.33 bits per heavy atom. The van der Waals surface area contributed by atoms with Crippen molar-refractivity contribution in [1.29, 1.82) is 0 Å². The first-order valence-corrected chi connectivity index (χ1v) is 13.9. The summed E-state index contributed by atoms with van der Waals surface area (Å²) in [5.41, 5.74) is 4.29. The number of benzene rings is 4. The molecule has 0 saturated heterocycles. The molecule has 1 aliphatic rings. The van der Waals surface area contributed by atoms with E-state index in [4.69, 9.17) is 0 Å². The van der Waals surface area contributed by atoms with E-state index in [2.05, 4.69) is 5.32 Å². The van der Waals surface area contributed by atoms with Crippen molar-refractivity contribution in [2.45, 2.75) is 52.2 Å². The number of hydrogen-bond acceptors (Lipinski definition) is 3. The van der Waals surface area contributed by atoms with Gasteiger partial charge in [-0.15, -0.1) is 0 Å². The van der Waals surface area contributed by atoms with Crippen LogP contribution in [0, 0.1) is 6.92 Å². The van der Waals surface area contributed by atoms with Gasteiger partial charge < -0.3 is 10.2 Å². The third kappa shape index (κ3) is 5.48. The summed E-state index contributed by atoms with van der Waals surface area (Å²) in [6.45, 7) is 6.09. The fourth-order valence-electron chi connectivity index (χ4n) is 5.33. The van der Waals surface area contributed by atoms with Crippen molar-refractivity contribution in [3.8, 4) is 0 Å². The number of nitrogens with one attached hydrogen (secondary N) is 1. The van der Waals surface area contributed by atoms with E-state index < -0.39 is 6.04 Å². The lowest BCUT2D eigenvalue weighted by atomic mass is 10.0. The molecule has 204 valence electrons. The van der Waals surface area contributed by atoms with Crippen LogP contribution in [-0.2, 0) is 22.6 Å². The van der Waals surface area contributed by atoms with Gasteiger partial charge in [-0.3, -0.25) is 19.3 Å². The Kier molecular flexibility index (Phi) is 7.96. The number of rotatable bonds is 10. The number of amides is 3. The van der Waals surface area contributed by atoms with Gasteiger partial charge in [0.25, 0.3) is 5.91 Å². The fourth-order valence-corrected chi connectivity index (χ4v) is 5.33. The van der Waals surface area contributed by atoms with Crippen molar-refractivity contribution in [3.63, 3.8) is 0 Å². The highest BCUT2D eigenvalue weighted by Gasteiger charge is 2.36. The van der Waals surface area contributed by atoms with Crippen LogP contribution in [0.4, 0.5) is 5.69 Å². The molecule has 0 saturated carbocycles. The third-order valence-electron chi connectivity index (χ3n) is 7.82. The van der Waals surface area contributed by atoms with E-state index in [1.165, 1.54) is 0 Å². The van der Waals surface area contributed by atoms with Gasteiger partial charge >= 0.3 is 0 Å². The average molecular weight is 534 g/mol. The number of aryl methyl sites for hydroxylation is 1. The van der Waals surface area contributed by atoms with E-state index >= 15 is 0 Å². The van der Waals surface area contributed by atoms with Gasteiger partial charge in [-0.05, 0) is 54.5 Å². The van der Waals surface area contributed by atoms with Crippen LogP contribution < -0.4 is 10.2 Å². The summed E-state index contributed by atoms with van der Waals surface area (Å²) in [6.07, 6.45) is 1.14. The van der Waals surface area contributed by atoms with Crippen LogP contribution in [0.5, 0.6) is 0 Å². The molecule has 2 atom stereocenters. The number of nitrogens with zero attached hydrogens (tertiary/aromatic N) is 2. The molecule has 40 heavy (non-hydrogen) atoms. The number of anilines is 1. The van der Waals surface area contributed by atoms with E-state index in [0.717, 1.165) is 39.6 Å². The predicted molar refractivity (Wildman–Crippen MR) is 159 cm³/mol. The van der Waals surface area contributed by atoms with E-state index in [-0.39, 0.29) is 36.9 Å². The smallest absolute Gasteiger partial charge is 0.259 e. The maximum absolute atomic E-state index is 14.3. The molecular formula is C34H35N3O3. The zero-order valence-electron chi connectivity index (χ0n) is 23.3. The van der Waals surface area contributed by atoms with Crippen molar-refractivity contribution < 1.29 is 14.4 Å². The Morgan fingerprint density at radius 2 is 1.60 bits per heavy atom. The van der Waals surface area contributed by atoms with Crippen molar-refractivity contribution in [1.82, 2.24) is 10.2 Å². The summed E-state index contributed by atoms with van der Waals surface area (Å²) in [5.74, 6) is -0.667. The van der Waals surface area contributed by atoms with Crippen LogP contribution in [0.15, 0.2) is 91.0 Å². The largest absolute Gasteiger partial charge is 0.352 e.